The molecule has 0 saturated carbocycles. The summed E-state index contributed by atoms with van der Waals surface area (Å²) in [7, 11) is 1.62. The summed E-state index contributed by atoms with van der Waals surface area (Å²) in [6.45, 7) is 0.193. The SMILES string of the molecule is CN1N=C2CCN(C(=O)[C@@H](COc3ccccn3)OC(N)=O)C[C@@]2(Cc2ccccc2)C1=O. The summed E-state index contributed by atoms with van der Waals surface area (Å²) in [5.74, 6) is -0.376. The van der Waals surface area contributed by atoms with Crippen LogP contribution in [0, 0.1) is 5.41 Å². The molecule has 2 N–H and O–H groups in total. The van der Waals surface area contributed by atoms with Crippen LogP contribution in [0.3, 0.4) is 0 Å². The van der Waals surface area contributed by atoms with Gasteiger partial charge in [-0.05, 0) is 18.1 Å². The number of benzene rings is 1. The molecule has 0 aliphatic carbocycles. The number of amides is 3. The third-order valence-corrected chi connectivity index (χ3v) is 5.82. The van der Waals surface area contributed by atoms with Crippen molar-refractivity contribution in [2.24, 2.45) is 16.3 Å². The lowest BCUT2D eigenvalue weighted by Crippen LogP contribution is -2.58. The number of pyridine rings is 1. The van der Waals surface area contributed by atoms with Crippen molar-refractivity contribution in [3.05, 3.63) is 60.3 Å². The minimum absolute atomic E-state index is 0.116. The largest absolute Gasteiger partial charge is 0.473 e. The summed E-state index contributed by atoms with van der Waals surface area (Å²) in [5.41, 5.74) is 5.95. The van der Waals surface area contributed by atoms with E-state index < -0.39 is 23.5 Å². The zero-order valence-electron chi connectivity index (χ0n) is 18.2. The molecule has 0 unspecified atom stereocenters. The molecule has 2 aliphatic heterocycles. The van der Waals surface area contributed by atoms with Crippen molar-refractivity contribution in [3.63, 3.8) is 0 Å². The molecule has 10 heteroatoms. The smallest absolute Gasteiger partial charge is 0.405 e. The van der Waals surface area contributed by atoms with E-state index in [-0.39, 0.29) is 24.9 Å². The molecule has 0 radical (unpaired) electrons. The predicted octanol–water partition coefficient (Wildman–Crippen LogP) is 1.21. The third-order valence-electron chi connectivity index (χ3n) is 5.82. The molecule has 3 amide bonds. The van der Waals surface area contributed by atoms with E-state index in [2.05, 4.69) is 10.1 Å². The van der Waals surface area contributed by atoms with Gasteiger partial charge in [0.2, 0.25) is 12.0 Å². The minimum atomic E-state index is -1.27. The fourth-order valence-electron chi connectivity index (χ4n) is 4.31. The molecule has 33 heavy (non-hydrogen) atoms. The number of nitrogens with two attached hydrogens (primary N) is 1. The first-order valence-corrected chi connectivity index (χ1v) is 10.6. The van der Waals surface area contributed by atoms with Crippen LogP contribution in [0.15, 0.2) is 59.8 Å². The van der Waals surface area contributed by atoms with Crippen molar-refractivity contribution >= 4 is 23.6 Å². The molecule has 172 valence electrons. The highest BCUT2D eigenvalue weighted by atomic mass is 16.6. The Morgan fingerprint density at radius 3 is 2.64 bits per heavy atom. The summed E-state index contributed by atoms with van der Waals surface area (Å²) in [5, 5.41) is 5.79. The van der Waals surface area contributed by atoms with Crippen LogP contribution >= 0.6 is 0 Å². The molecule has 3 heterocycles. The number of fused-ring (bicyclic) bond motifs is 1. The second-order valence-corrected chi connectivity index (χ2v) is 8.03. The van der Waals surface area contributed by atoms with Gasteiger partial charge in [-0.3, -0.25) is 9.59 Å². The third kappa shape index (κ3) is 4.64. The number of ether oxygens (including phenoxy) is 2. The zero-order valence-corrected chi connectivity index (χ0v) is 18.2. The van der Waals surface area contributed by atoms with Gasteiger partial charge in [-0.15, -0.1) is 0 Å². The van der Waals surface area contributed by atoms with Gasteiger partial charge in [0.1, 0.15) is 12.0 Å². The zero-order chi connectivity index (χ0) is 23.4. The molecule has 0 bridgehead atoms. The highest BCUT2D eigenvalue weighted by Gasteiger charge is 2.54. The number of carbonyl (C=O) groups excluding carboxylic acids is 3. The van der Waals surface area contributed by atoms with Crippen LogP contribution in [-0.2, 0) is 20.7 Å². The van der Waals surface area contributed by atoms with Crippen molar-refractivity contribution in [2.45, 2.75) is 18.9 Å². The van der Waals surface area contributed by atoms with Crippen molar-refractivity contribution in [1.82, 2.24) is 14.9 Å². The Hall–Kier alpha value is -3.95. The highest BCUT2D eigenvalue weighted by Crippen LogP contribution is 2.38. The predicted molar refractivity (Wildman–Crippen MR) is 118 cm³/mol. The minimum Gasteiger partial charge on any atom is -0.473 e. The molecule has 0 spiro atoms. The summed E-state index contributed by atoms with van der Waals surface area (Å²) < 4.78 is 10.6. The van der Waals surface area contributed by atoms with E-state index in [1.165, 1.54) is 9.91 Å². The van der Waals surface area contributed by atoms with E-state index in [9.17, 15) is 14.4 Å². The van der Waals surface area contributed by atoms with Gasteiger partial charge in [-0.2, -0.15) is 5.10 Å². The monoisotopic (exact) mass is 451 g/mol. The topological polar surface area (TPSA) is 127 Å². The van der Waals surface area contributed by atoms with Crippen LogP contribution in [0.5, 0.6) is 5.88 Å². The van der Waals surface area contributed by atoms with Gasteiger partial charge in [0, 0.05) is 38.8 Å². The van der Waals surface area contributed by atoms with Crippen LogP contribution in [0.4, 0.5) is 4.79 Å². The van der Waals surface area contributed by atoms with Crippen LogP contribution in [-0.4, -0.2) is 71.4 Å². The van der Waals surface area contributed by atoms with E-state index in [0.29, 0.717) is 19.4 Å². The van der Waals surface area contributed by atoms with E-state index in [4.69, 9.17) is 15.2 Å². The summed E-state index contributed by atoms with van der Waals surface area (Å²) in [4.78, 5) is 43.6. The molecule has 10 nitrogen and oxygen atoms in total. The normalized spacial score (nSPS) is 20.6. The lowest BCUT2D eigenvalue weighted by molar-refractivity contribution is -0.146. The Kier molecular flexibility index (Phi) is 6.25. The summed E-state index contributed by atoms with van der Waals surface area (Å²) >= 11 is 0. The number of rotatable bonds is 7. The molecule has 1 aromatic heterocycles. The van der Waals surface area contributed by atoms with Crippen LogP contribution in [0.1, 0.15) is 12.0 Å². The maximum absolute atomic E-state index is 13.4. The summed E-state index contributed by atoms with van der Waals surface area (Å²) in [6.07, 6.45) is 0.0194. The molecule has 1 saturated heterocycles. The lowest BCUT2D eigenvalue weighted by atomic mass is 9.73. The molecule has 4 rings (SSSR count). The standard InChI is InChI=1S/C23H25N5O5/c1-27-21(30)23(13-16-7-3-2-4-8-16)15-28(12-10-18(23)26-27)20(29)17(33-22(24)31)14-32-19-9-5-6-11-25-19/h2-9,11,17H,10,12-15H2,1H3,(H2,24,31)/t17-,23-/m1/s1. The van der Waals surface area contributed by atoms with Crippen LogP contribution < -0.4 is 10.5 Å². The maximum Gasteiger partial charge on any atom is 0.405 e. The molecular formula is C23H25N5O5. The van der Waals surface area contributed by atoms with Crippen molar-refractivity contribution in [3.8, 4) is 5.88 Å². The molecular weight excluding hydrogens is 426 g/mol. The summed E-state index contributed by atoms with van der Waals surface area (Å²) in [6, 6.07) is 14.7. The van der Waals surface area contributed by atoms with Gasteiger partial charge < -0.3 is 20.1 Å². The number of carbonyl (C=O) groups is 3. The first-order valence-electron chi connectivity index (χ1n) is 10.6. The van der Waals surface area contributed by atoms with Gasteiger partial charge >= 0.3 is 6.09 Å². The van der Waals surface area contributed by atoms with Crippen LogP contribution in [0.2, 0.25) is 0 Å². The Morgan fingerprint density at radius 2 is 1.94 bits per heavy atom. The fraction of sp³-hybridized carbons (Fsp3) is 0.348. The second kappa shape index (κ2) is 9.27. The number of aromatic nitrogens is 1. The van der Waals surface area contributed by atoms with Gasteiger partial charge in [0.25, 0.3) is 11.8 Å². The average molecular weight is 451 g/mol. The molecule has 2 aromatic rings. The van der Waals surface area contributed by atoms with Gasteiger partial charge in [0.05, 0.1) is 5.71 Å². The Morgan fingerprint density at radius 1 is 1.18 bits per heavy atom. The Labute approximate surface area is 191 Å². The number of primary amides is 1. The fourth-order valence-corrected chi connectivity index (χ4v) is 4.31. The lowest BCUT2D eigenvalue weighted by Gasteiger charge is -2.40. The van der Waals surface area contributed by atoms with Crippen molar-refractivity contribution < 1.29 is 23.9 Å². The number of likely N-dealkylation sites (tertiary alicyclic amines) is 1. The second-order valence-electron chi connectivity index (χ2n) is 8.03. The van der Waals surface area contributed by atoms with Gasteiger partial charge in [-0.25, -0.2) is 14.8 Å². The Bertz CT molecular complexity index is 1060. The van der Waals surface area contributed by atoms with Gasteiger partial charge in [0.15, 0.2) is 0 Å². The molecule has 1 aromatic carbocycles. The number of hydrazone groups is 1. The Balaban J connectivity index is 1.55. The van der Waals surface area contributed by atoms with Crippen molar-refractivity contribution in [2.75, 3.05) is 26.7 Å². The number of hydrogen-bond acceptors (Lipinski definition) is 7. The average Bonchev–Trinajstić information content (AvgIpc) is 3.06. The molecule has 1 fully saturated rings. The molecule has 2 aliphatic rings. The first kappa shape index (κ1) is 22.3. The van der Waals surface area contributed by atoms with E-state index in [1.807, 2.05) is 30.3 Å². The quantitative estimate of drug-likeness (QED) is 0.674. The first-order chi connectivity index (χ1) is 15.9. The number of hydrogen-bond donors (Lipinski definition) is 1. The van der Waals surface area contributed by atoms with Crippen LogP contribution in [0.25, 0.3) is 0 Å². The van der Waals surface area contributed by atoms with E-state index in [0.717, 1.165) is 11.3 Å². The van der Waals surface area contributed by atoms with Gasteiger partial charge in [-0.1, -0.05) is 36.4 Å². The van der Waals surface area contributed by atoms with E-state index in [1.54, 1.807) is 31.4 Å². The van der Waals surface area contributed by atoms with Crippen molar-refractivity contribution in [1.29, 1.82) is 0 Å². The highest BCUT2D eigenvalue weighted by molar-refractivity contribution is 6.13. The number of nitrogens with zero attached hydrogens (tertiary/aromatic N) is 4. The van der Waals surface area contributed by atoms with E-state index >= 15 is 0 Å². The maximum atomic E-state index is 13.4. The molecule has 2 atom stereocenters. The number of piperidine rings is 1.